The average molecular weight is 291 g/mol. The van der Waals surface area contributed by atoms with Crippen LogP contribution in [0.25, 0.3) is 0 Å². The number of hydrogen-bond acceptors (Lipinski definition) is 4. The monoisotopic (exact) mass is 291 g/mol. The van der Waals surface area contributed by atoms with Crippen molar-refractivity contribution >= 4 is 11.8 Å². The first-order valence-electron chi connectivity index (χ1n) is 6.79. The summed E-state index contributed by atoms with van der Waals surface area (Å²) in [5.74, 6) is 1.71. The minimum atomic E-state index is -0.00285. The molecule has 1 unspecified atom stereocenters. The smallest absolute Gasteiger partial charge is 0.167 e. The molecule has 1 aromatic heterocycles. The van der Waals surface area contributed by atoms with Crippen molar-refractivity contribution in [2.75, 3.05) is 12.4 Å². The van der Waals surface area contributed by atoms with Gasteiger partial charge >= 0.3 is 0 Å². The van der Waals surface area contributed by atoms with Gasteiger partial charge in [-0.05, 0) is 24.1 Å². The molecular weight excluding hydrogens is 270 g/mol. The van der Waals surface area contributed by atoms with Crippen LogP contribution in [0.5, 0.6) is 5.75 Å². The first-order valence-corrected chi connectivity index (χ1v) is 7.77. The summed E-state index contributed by atoms with van der Waals surface area (Å²) in [6, 6.07) is 8.03. The molecule has 0 saturated heterocycles. The molecule has 5 heteroatoms. The number of ether oxygens (including phenoxy) is 1. The van der Waals surface area contributed by atoms with Crippen molar-refractivity contribution in [2.45, 2.75) is 24.5 Å². The van der Waals surface area contributed by atoms with E-state index in [0.717, 1.165) is 35.2 Å². The Kier molecular flexibility index (Phi) is 5.49. The Bertz CT molecular complexity index is 524. The van der Waals surface area contributed by atoms with Crippen LogP contribution >= 0.6 is 11.8 Å². The van der Waals surface area contributed by atoms with E-state index in [-0.39, 0.29) is 6.04 Å². The van der Waals surface area contributed by atoms with E-state index in [9.17, 15) is 0 Å². The first-order chi connectivity index (χ1) is 9.70. The Morgan fingerprint density at radius 1 is 1.35 bits per heavy atom. The molecule has 20 heavy (non-hydrogen) atoms. The van der Waals surface area contributed by atoms with Crippen molar-refractivity contribution < 1.29 is 4.74 Å². The molecule has 0 spiro atoms. The molecule has 0 aliphatic carbocycles. The maximum absolute atomic E-state index is 6.21. The second-order valence-electron chi connectivity index (χ2n) is 4.66. The molecule has 0 amide bonds. The van der Waals surface area contributed by atoms with Gasteiger partial charge in [0.05, 0.1) is 6.61 Å². The summed E-state index contributed by atoms with van der Waals surface area (Å²) in [5.41, 5.74) is 7.33. The summed E-state index contributed by atoms with van der Waals surface area (Å²) in [5, 5.41) is 0.989. The average Bonchev–Trinajstić information content (AvgIpc) is 2.88. The minimum Gasteiger partial charge on any atom is -0.494 e. The van der Waals surface area contributed by atoms with Crippen LogP contribution in [0.15, 0.2) is 41.8 Å². The predicted molar refractivity (Wildman–Crippen MR) is 83.1 cm³/mol. The van der Waals surface area contributed by atoms with Crippen LogP contribution in [0, 0.1) is 0 Å². The molecule has 2 aromatic rings. The number of hydrogen-bond donors (Lipinski definition) is 1. The third-order valence-corrected chi connectivity index (χ3v) is 4.13. The van der Waals surface area contributed by atoms with E-state index in [0.29, 0.717) is 0 Å². The van der Waals surface area contributed by atoms with Crippen LogP contribution in [0.4, 0.5) is 0 Å². The van der Waals surface area contributed by atoms with E-state index in [2.05, 4.69) is 11.9 Å². The fourth-order valence-corrected chi connectivity index (χ4v) is 2.70. The number of nitrogens with zero attached hydrogens (tertiary/aromatic N) is 2. The van der Waals surface area contributed by atoms with Crippen molar-refractivity contribution in [1.29, 1.82) is 0 Å². The maximum Gasteiger partial charge on any atom is 0.167 e. The third-order valence-electron chi connectivity index (χ3n) is 2.95. The lowest BCUT2D eigenvalue weighted by molar-refractivity contribution is 0.317. The Morgan fingerprint density at radius 3 is 2.70 bits per heavy atom. The van der Waals surface area contributed by atoms with Gasteiger partial charge in [0.25, 0.3) is 0 Å². The van der Waals surface area contributed by atoms with Crippen molar-refractivity contribution in [3.05, 3.63) is 42.2 Å². The molecular formula is C15H21N3OS. The van der Waals surface area contributed by atoms with E-state index in [1.54, 1.807) is 18.0 Å². The molecule has 2 rings (SSSR count). The van der Waals surface area contributed by atoms with Crippen LogP contribution < -0.4 is 10.5 Å². The summed E-state index contributed by atoms with van der Waals surface area (Å²) in [4.78, 5) is 4.28. The van der Waals surface area contributed by atoms with Crippen LogP contribution in [-0.4, -0.2) is 21.9 Å². The molecule has 1 atom stereocenters. The molecule has 2 N–H and O–H groups in total. The number of nitrogens with two attached hydrogens (primary N) is 1. The van der Waals surface area contributed by atoms with Gasteiger partial charge in [0.15, 0.2) is 5.16 Å². The fourth-order valence-electron chi connectivity index (χ4n) is 1.78. The van der Waals surface area contributed by atoms with Crippen molar-refractivity contribution in [2.24, 2.45) is 12.8 Å². The van der Waals surface area contributed by atoms with Gasteiger partial charge in [-0.2, -0.15) is 0 Å². The molecule has 0 radical (unpaired) electrons. The van der Waals surface area contributed by atoms with Crippen molar-refractivity contribution in [3.8, 4) is 5.75 Å². The summed E-state index contributed by atoms with van der Waals surface area (Å²) in [6.45, 7) is 2.85. The van der Waals surface area contributed by atoms with E-state index in [4.69, 9.17) is 10.5 Å². The Balaban J connectivity index is 1.88. The standard InChI is InChI=1S/C15H21N3OS/c1-3-10-19-13-6-4-12(5-7-13)14(16)11-20-15-17-8-9-18(15)2/h4-9,14H,3,10-11,16H2,1-2H3. The highest BCUT2D eigenvalue weighted by atomic mass is 32.2. The van der Waals surface area contributed by atoms with Gasteiger partial charge in [-0.3, -0.25) is 0 Å². The molecule has 108 valence electrons. The maximum atomic E-state index is 6.21. The Labute approximate surface area is 124 Å². The quantitative estimate of drug-likeness (QED) is 0.797. The first kappa shape index (κ1) is 14.9. The van der Waals surface area contributed by atoms with E-state index < -0.39 is 0 Å². The van der Waals surface area contributed by atoms with Crippen LogP contribution in [0.1, 0.15) is 24.9 Å². The van der Waals surface area contributed by atoms with Crippen molar-refractivity contribution in [3.63, 3.8) is 0 Å². The van der Waals surface area contributed by atoms with Gasteiger partial charge in [0.2, 0.25) is 0 Å². The number of imidazole rings is 1. The Morgan fingerprint density at radius 2 is 2.10 bits per heavy atom. The number of rotatable bonds is 7. The number of aryl methyl sites for hydroxylation is 1. The fraction of sp³-hybridized carbons (Fsp3) is 0.400. The Hall–Kier alpha value is -1.46. The SMILES string of the molecule is CCCOc1ccc(C(N)CSc2nccn2C)cc1. The second kappa shape index (κ2) is 7.36. The number of thioether (sulfide) groups is 1. The van der Waals surface area contributed by atoms with Crippen molar-refractivity contribution in [1.82, 2.24) is 9.55 Å². The summed E-state index contributed by atoms with van der Waals surface area (Å²) < 4.78 is 7.56. The predicted octanol–water partition coefficient (Wildman–Crippen LogP) is 3.00. The van der Waals surface area contributed by atoms with Gasteiger partial charge in [0.1, 0.15) is 5.75 Å². The molecule has 0 aliphatic rings. The zero-order valence-electron chi connectivity index (χ0n) is 12.0. The van der Waals surface area contributed by atoms with Gasteiger partial charge in [-0.1, -0.05) is 30.8 Å². The highest BCUT2D eigenvalue weighted by Gasteiger charge is 2.09. The van der Waals surface area contributed by atoms with Gasteiger partial charge in [0, 0.05) is 31.2 Å². The highest BCUT2D eigenvalue weighted by Crippen LogP contribution is 2.23. The zero-order chi connectivity index (χ0) is 14.4. The lowest BCUT2D eigenvalue weighted by Gasteiger charge is -2.12. The van der Waals surface area contributed by atoms with Crippen LogP contribution in [0.2, 0.25) is 0 Å². The van der Waals surface area contributed by atoms with E-state index >= 15 is 0 Å². The zero-order valence-corrected chi connectivity index (χ0v) is 12.8. The topological polar surface area (TPSA) is 53.1 Å². The minimum absolute atomic E-state index is 0.00285. The molecule has 4 nitrogen and oxygen atoms in total. The molecule has 0 aliphatic heterocycles. The summed E-state index contributed by atoms with van der Waals surface area (Å²) >= 11 is 1.67. The van der Waals surface area contributed by atoms with Gasteiger partial charge in [-0.15, -0.1) is 0 Å². The lowest BCUT2D eigenvalue weighted by atomic mass is 10.1. The summed E-state index contributed by atoms with van der Waals surface area (Å²) in [7, 11) is 1.99. The third kappa shape index (κ3) is 4.02. The molecule has 1 heterocycles. The van der Waals surface area contributed by atoms with Crippen LogP contribution in [0.3, 0.4) is 0 Å². The van der Waals surface area contributed by atoms with E-state index in [1.807, 2.05) is 42.1 Å². The highest BCUT2D eigenvalue weighted by molar-refractivity contribution is 7.99. The number of benzene rings is 1. The molecule has 0 fully saturated rings. The van der Waals surface area contributed by atoms with Gasteiger partial charge < -0.3 is 15.0 Å². The summed E-state index contributed by atoms with van der Waals surface area (Å²) in [6.07, 6.45) is 4.75. The number of aromatic nitrogens is 2. The largest absolute Gasteiger partial charge is 0.494 e. The van der Waals surface area contributed by atoms with E-state index in [1.165, 1.54) is 0 Å². The van der Waals surface area contributed by atoms with Gasteiger partial charge in [-0.25, -0.2) is 4.98 Å². The van der Waals surface area contributed by atoms with Crippen LogP contribution in [-0.2, 0) is 7.05 Å². The molecule has 0 saturated carbocycles. The molecule has 1 aromatic carbocycles. The molecule has 0 bridgehead atoms. The normalized spacial score (nSPS) is 12.3. The second-order valence-corrected chi connectivity index (χ2v) is 5.64. The lowest BCUT2D eigenvalue weighted by Crippen LogP contribution is -2.13.